The molecule has 5 heteroatoms. The van der Waals surface area contributed by atoms with Crippen LogP contribution in [0.3, 0.4) is 0 Å². The lowest BCUT2D eigenvalue weighted by atomic mass is 10.1. The molecule has 2 aromatic rings. The molecule has 0 radical (unpaired) electrons. The number of nitrogens with one attached hydrogen (secondary N) is 1. The van der Waals surface area contributed by atoms with Crippen molar-refractivity contribution >= 4 is 28.9 Å². The zero-order chi connectivity index (χ0) is 16.2. The molecule has 2 heterocycles. The van der Waals surface area contributed by atoms with Crippen molar-refractivity contribution < 1.29 is 4.79 Å². The Morgan fingerprint density at radius 1 is 1.13 bits per heavy atom. The van der Waals surface area contributed by atoms with Gasteiger partial charge in [-0.2, -0.15) is 0 Å². The predicted octanol–water partition coefficient (Wildman–Crippen LogP) is 4.41. The average Bonchev–Trinajstić information content (AvgIpc) is 2.58. The SMILES string of the molecule is Cc1ccc(Nc2cncc(C(=O)N3CCCCC3)c2)cc1Cl. The van der Waals surface area contributed by atoms with E-state index in [9.17, 15) is 4.79 Å². The maximum Gasteiger partial charge on any atom is 0.255 e. The summed E-state index contributed by atoms with van der Waals surface area (Å²) >= 11 is 6.15. The minimum atomic E-state index is 0.0581. The van der Waals surface area contributed by atoms with Crippen molar-refractivity contribution in [1.82, 2.24) is 9.88 Å². The lowest BCUT2D eigenvalue weighted by Gasteiger charge is -2.26. The van der Waals surface area contributed by atoms with E-state index >= 15 is 0 Å². The molecule has 23 heavy (non-hydrogen) atoms. The fraction of sp³-hybridized carbons (Fsp3) is 0.333. The molecule has 0 saturated carbocycles. The summed E-state index contributed by atoms with van der Waals surface area (Å²) < 4.78 is 0. The minimum Gasteiger partial charge on any atom is -0.354 e. The van der Waals surface area contributed by atoms with Crippen LogP contribution in [0.15, 0.2) is 36.7 Å². The topological polar surface area (TPSA) is 45.2 Å². The van der Waals surface area contributed by atoms with Gasteiger partial charge >= 0.3 is 0 Å². The van der Waals surface area contributed by atoms with Gasteiger partial charge < -0.3 is 10.2 Å². The van der Waals surface area contributed by atoms with Crippen LogP contribution in [0.1, 0.15) is 35.2 Å². The van der Waals surface area contributed by atoms with Gasteiger partial charge in [0.2, 0.25) is 0 Å². The average molecular weight is 330 g/mol. The molecule has 0 unspecified atom stereocenters. The second-order valence-corrected chi connectivity index (χ2v) is 6.31. The standard InChI is InChI=1S/C18H20ClN3O/c1-13-5-6-15(10-17(13)19)21-16-9-14(11-20-12-16)18(23)22-7-3-2-4-8-22/h5-6,9-12,21H,2-4,7-8H2,1H3. The predicted molar refractivity (Wildman–Crippen MR) is 93.5 cm³/mol. The van der Waals surface area contributed by atoms with E-state index in [1.54, 1.807) is 12.4 Å². The first-order valence-corrected chi connectivity index (χ1v) is 8.29. The molecule has 1 aliphatic rings. The van der Waals surface area contributed by atoms with Gasteiger partial charge in [0.15, 0.2) is 0 Å². The van der Waals surface area contributed by atoms with Crippen LogP contribution in [-0.4, -0.2) is 28.9 Å². The third kappa shape index (κ3) is 3.82. The Morgan fingerprint density at radius 2 is 1.91 bits per heavy atom. The fourth-order valence-electron chi connectivity index (χ4n) is 2.74. The van der Waals surface area contributed by atoms with Gasteiger partial charge in [0.25, 0.3) is 5.91 Å². The largest absolute Gasteiger partial charge is 0.354 e. The van der Waals surface area contributed by atoms with Crippen molar-refractivity contribution in [2.45, 2.75) is 26.2 Å². The summed E-state index contributed by atoms with van der Waals surface area (Å²) in [6, 6.07) is 7.63. The summed E-state index contributed by atoms with van der Waals surface area (Å²) in [6.07, 6.45) is 6.71. The van der Waals surface area contributed by atoms with Crippen molar-refractivity contribution in [3.05, 3.63) is 52.8 Å². The first-order chi connectivity index (χ1) is 11.1. The molecular weight excluding hydrogens is 310 g/mol. The zero-order valence-corrected chi connectivity index (χ0v) is 13.9. The number of benzene rings is 1. The van der Waals surface area contributed by atoms with Crippen LogP contribution in [0.25, 0.3) is 0 Å². The smallest absolute Gasteiger partial charge is 0.255 e. The molecule has 3 rings (SSSR count). The number of hydrogen-bond acceptors (Lipinski definition) is 3. The molecule has 1 saturated heterocycles. The van der Waals surface area contributed by atoms with Crippen molar-refractivity contribution in [2.24, 2.45) is 0 Å². The number of carbonyl (C=O) groups is 1. The first-order valence-electron chi connectivity index (χ1n) is 7.91. The molecule has 1 amide bonds. The number of hydrogen-bond donors (Lipinski definition) is 1. The summed E-state index contributed by atoms with van der Waals surface area (Å²) in [4.78, 5) is 18.6. The van der Waals surface area contributed by atoms with Gasteiger partial charge in [-0.3, -0.25) is 9.78 Å². The summed E-state index contributed by atoms with van der Waals surface area (Å²) in [5.41, 5.74) is 3.32. The van der Waals surface area contributed by atoms with Gasteiger partial charge in [-0.25, -0.2) is 0 Å². The number of nitrogens with zero attached hydrogens (tertiary/aromatic N) is 2. The number of rotatable bonds is 3. The molecular formula is C18H20ClN3O. The Hall–Kier alpha value is -2.07. The van der Waals surface area contributed by atoms with Gasteiger partial charge in [-0.05, 0) is 49.9 Å². The maximum absolute atomic E-state index is 12.5. The summed E-state index contributed by atoms with van der Waals surface area (Å²) in [5.74, 6) is 0.0581. The third-order valence-corrected chi connectivity index (χ3v) is 4.50. The Bertz CT molecular complexity index is 711. The Labute approximate surface area is 141 Å². The molecule has 1 N–H and O–H groups in total. The second kappa shape index (κ2) is 7.01. The van der Waals surface area contributed by atoms with Crippen molar-refractivity contribution in [2.75, 3.05) is 18.4 Å². The van der Waals surface area contributed by atoms with E-state index in [0.29, 0.717) is 10.6 Å². The van der Waals surface area contributed by atoms with Crippen LogP contribution in [0.5, 0.6) is 0 Å². The molecule has 1 aromatic heterocycles. The molecule has 0 spiro atoms. The third-order valence-electron chi connectivity index (χ3n) is 4.09. The number of aryl methyl sites for hydroxylation is 1. The van der Waals surface area contributed by atoms with Gasteiger partial charge in [0.1, 0.15) is 0 Å². The lowest BCUT2D eigenvalue weighted by Crippen LogP contribution is -2.35. The molecule has 0 bridgehead atoms. The fourth-order valence-corrected chi connectivity index (χ4v) is 2.92. The van der Waals surface area contributed by atoms with E-state index in [4.69, 9.17) is 11.6 Å². The molecule has 4 nitrogen and oxygen atoms in total. The first kappa shape index (κ1) is 15.8. The highest BCUT2D eigenvalue weighted by Gasteiger charge is 2.18. The van der Waals surface area contributed by atoms with E-state index in [2.05, 4.69) is 10.3 Å². The molecule has 120 valence electrons. The lowest BCUT2D eigenvalue weighted by molar-refractivity contribution is 0.0724. The minimum absolute atomic E-state index is 0.0581. The molecule has 1 fully saturated rings. The van der Waals surface area contributed by atoms with Crippen LogP contribution in [0.2, 0.25) is 5.02 Å². The summed E-state index contributed by atoms with van der Waals surface area (Å²) in [6.45, 7) is 3.64. The Morgan fingerprint density at radius 3 is 2.65 bits per heavy atom. The van der Waals surface area contributed by atoms with Crippen LogP contribution >= 0.6 is 11.6 Å². The number of pyridine rings is 1. The maximum atomic E-state index is 12.5. The number of halogens is 1. The van der Waals surface area contributed by atoms with Gasteiger partial charge in [0.05, 0.1) is 17.4 Å². The highest BCUT2D eigenvalue weighted by molar-refractivity contribution is 6.31. The number of amides is 1. The molecule has 1 aliphatic heterocycles. The van der Waals surface area contributed by atoms with Gasteiger partial charge in [-0.15, -0.1) is 0 Å². The summed E-state index contributed by atoms with van der Waals surface area (Å²) in [5, 5.41) is 3.96. The Balaban J connectivity index is 1.76. The van der Waals surface area contributed by atoms with Gasteiger partial charge in [-0.1, -0.05) is 17.7 Å². The second-order valence-electron chi connectivity index (χ2n) is 5.90. The van der Waals surface area contributed by atoms with E-state index in [-0.39, 0.29) is 5.91 Å². The number of aromatic nitrogens is 1. The number of piperidine rings is 1. The quantitative estimate of drug-likeness (QED) is 0.907. The van der Waals surface area contributed by atoms with Crippen LogP contribution in [0.4, 0.5) is 11.4 Å². The van der Waals surface area contributed by atoms with Crippen molar-refractivity contribution in [3.63, 3.8) is 0 Å². The van der Waals surface area contributed by atoms with E-state index in [0.717, 1.165) is 42.9 Å². The highest BCUT2D eigenvalue weighted by Crippen LogP contribution is 2.23. The number of anilines is 2. The van der Waals surface area contributed by atoms with E-state index in [1.807, 2.05) is 36.1 Å². The van der Waals surface area contributed by atoms with Crippen molar-refractivity contribution in [3.8, 4) is 0 Å². The van der Waals surface area contributed by atoms with Crippen LogP contribution < -0.4 is 5.32 Å². The normalized spacial score (nSPS) is 14.6. The van der Waals surface area contributed by atoms with Crippen molar-refractivity contribution in [1.29, 1.82) is 0 Å². The molecule has 0 atom stereocenters. The molecule has 0 aliphatic carbocycles. The van der Waals surface area contributed by atoms with E-state index in [1.165, 1.54) is 6.42 Å². The monoisotopic (exact) mass is 329 g/mol. The van der Waals surface area contributed by atoms with Crippen LogP contribution in [-0.2, 0) is 0 Å². The number of likely N-dealkylation sites (tertiary alicyclic amines) is 1. The Kier molecular flexibility index (Phi) is 4.82. The number of carbonyl (C=O) groups excluding carboxylic acids is 1. The zero-order valence-electron chi connectivity index (χ0n) is 13.2. The van der Waals surface area contributed by atoms with Gasteiger partial charge in [0, 0.05) is 30.0 Å². The van der Waals surface area contributed by atoms with Crippen LogP contribution in [0, 0.1) is 6.92 Å². The molecule has 1 aromatic carbocycles. The summed E-state index contributed by atoms with van der Waals surface area (Å²) in [7, 11) is 0. The van der Waals surface area contributed by atoms with E-state index < -0.39 is 0 Å². The highest BCUT2D eigenvalue weighted by atomic mass is 35.5.